The standard InChI is InChI=1S/C42H55N3O8/c1-6-9-21-34(47)43-32(27-51-5)37(30-19-14-11-15-20-30)52-41(50)35-33-22-23-42(53-33)36(35)39(48)45(31(26-46)25-29-17-12-10-13-18-29)38(42)40(49)44(24-8-3)28(4)16-7-2/h6,8,10-15,17-20,28,31-33,35-38,46H,1,3,7,9,16,21-27H2,2,4-5H3,(H,43,47)/t28?,31-,32-,33+,35-,36-,37-,38+,42-/m1/s1. The number of fused-ring (bicyclic) bond motifs is 1. The van der Waals surface area contributed by atoms with E-state index in [1.54, 1.807) is 17.1 Å². The Morgan fingerprint density at radius 3 is 2.43 bits per heavy atom. The molecule has 5 rings (SSSR count). The summed E-state index contributed by atoms with van der Waals surface area (Å²) in [5.41, 5.74) is 0.241. The van der Waals surface area contributed by atoms with Crippen LogP contribution in [-0.4, -0.2) is 101 Å². The number of nitrogens with zero attached hydrogens (tertiary/aromatic N) is 2. The van der Waals surface area contributed by atoms with Gasteiger partial charge in [0.05, 0.1) is 43.2 Å². The number of amides is 3. The molecule has 2 bridgehead atoms. The maximum absolute atomic E-state index is 15.0. The highest BCUT2D eigenvalue weighted by Crippen LogP contribution is 2.59. The molecule has 0 aliphatic carbocycles. The van der Waals surface area contributed by atoms with E-state index in [4.69, 9.17) is 14.2 Å². The van der Waals surface area contributed by atoms with Gasteiger partial charge in [-0.1, -0.05) is 86.2 Å². The highest BCUT2D eigenvalue weighted by Gasteiger charge is 2.76. The number of aliphatic hydroxyl groups is 1. The number of hydrogen-bond acceptors (Lipinski definition) is 8. The molecule has 11 nitrogen and oxygen atoms in total. The second-order valence-corrected chi connectivity index (χ2v) is 14.5. The minimum Gasteiger partial charge on any atom is -0.455 e. The van der Waals surface area contributed by atoms with Gasteiger partial charge in [0.15, 0.2) is 0 Å². The summed E-state index contributed by atoms with van der Waals surface area (Å²) in [6.07, 6.45) is 5.17. The van der Waals surface area contributed by atoms with Crippen LogP contribution in [0.25, 0.3) is 0 Å². The summed E-state index contributed by atoms with van der Waals surface area (Å²) in [6, 6.07) is 15.9. The molecule has 9 atom stereocenters. The molecule has 1 spiro atoms. The predicted octanol–water partition coefficient (Wildman–Crippen LogP) is 4.55. The van der Waals surface area contributed by atoms with E-state index in [1.165, 1.54) is 12.0 Å². The van der Waals surface area contributed by atoms with Crippen molar-refractivity contribution in [2.45, 2.75) is 101 Å². The molecule has 0 radical (unpaired) electrons. The van der Waals surface area contributed by atoms with Crippen LogP contribution in [0.2, 0.25) is 0 Å². The van der Waals surface area contributed by atoms with Gasteiger partial charge in [-0.3, -0.25) is 19.2 Å². The zero-order valence-corrected chi connectivity index (χ0v) is 31.2. The van der Waals surface area contributed by atoms with Gasteiger partial charge in [0.25, 0.3) is 0 Å². The van der Waals surface area contributed by atoms with Gasteiger partial charge >= 0.3 is 5.97 Å². The summed E-state index contributed by atoms with van der Waals surface area (Å²) in [5, 5.41) is 13.8. The molecule has 3 aliphatic heterocycles. The summed E-state index contributed by atoms with van der Waals surface area (Å²) < 4.78 is 18.6. The summed E-state index contributed by atoms with van der Waals surface area (Å²) in [6.45, 7) is 11.6. The molecule has 3 saturated heterocycles. The van der Waals surface area contributed by atoms with Crippen LogP contribution in [0.15, 0.2) is 86.0 Å². The van der Waals surface area contributed by atoms with Gasteiger partial charge in [-0.15, -0.1) is 13.2 Å². The van der Waals surface area contributed by atoms with Gasteiger partial charge in [-0.2, -0.15) is 0 Å². The summed E-state index contributed by atoms with van der Waals surface area (Å²) in [5.74, 6) is -3.62. The second kappa shape index (κ2) is 18.1. The molecule has 3 fully saturated rings. The molecule has 3 amide bonds. The molecule has 53 heavy (non-hydrogen) atoms. The average Bonchev–Trinajstić information content (AvgIpc) is 3.82. The third-order valence-corrected chi connectivity index (χ3v) is 11.0. The Kier molecular flexibility index (Phi) is 13.6. The fourth-order valence-corrected chi connectivity index (χ4v) is 8.65. The number of methoxy groups -OCH3 is 1. The van der Waals surface area contributed by atoms with E-state index < -0.39 is 66.3 Å². The number of aliphatic hydroxyl groups excluding tert-OH is 1. The number of esters is 1. The van der Waals surface area contributed by atoms with Gasteiger partial charge in [-0.05, 0) is 50.2 Å². The van der Waals surface area contributed by atoms with Crippen molar-refractivity contribution in [3.8, 4) is 0 Å². The number of rotatable bonds is 20. The van der Waals surface area contributed by atoms with Crippen LogP contribution in [0.3, 0.4) is 0 Å². The van der Waals surface area contributed by atoms with Crippen LogP contribution in [0.5, 0.6) is 0 Å². The predicted molar refractivity (Wildman–Crippen MR) is 200 cm³/mol. The minimum absolute atomic E-state index is 0.0562. The van der Waals surface area contributed by atoms with Crippen LogP contribution in [-0.2, 0) is 39.8 Å². The normalized spacial score (nSPS) is 25.2. The lowest BCUT2D eigenvalue weighted by Crippen LogP contribution is -2.60. The van der Waals surface area contributed by atoms with Crippen LogP contribution in [0.4, 0.5) is 0 Å². The molecule has 1 unspecified atom stereocenters. The third kappa shape index (κ3) is 8.27. The number of hydrogen-bond donors (Lipinski definition) is 2. The summed E-state index contributed by atoms with van der Waals surface area (Å²) in [7, 11) is 1.51. The molecule has 2 N–H and O–H groups in total. The van der Waals surface area contributed by atoms with E-state index >= 15 is 0 Å². The van der Waals surface area contributed by atoms with E-state index in [9.17, 15) is 24.3 Å². The Balaban J connectivity index is 1.53. The lowest BCUT2D eigenvalue weighted by atomic mass is 9.70. The second-order valence-electron chi connectivity index (χ2n) is 14.5. The zero-order valence-electron chi connectivity index (χ0n) is 31.2. The van der Waals surface area contributed by atoms with Crippen molar-refractivity contribution in [3.05, 3.63) is 97.1 Å². The first-order valence-corrected chi connectivity index (χ1v) is 18.9. The molecule has 0 aromatic heterocycles. The number of benzene rings is 2. The van der Waals surface area contributed by atoms with E-state index in [1.807, 2.05) is 67.6 Å². The first-order valence-electron chi connectivity index (χ1n) is 18.9. The monoisotopic (exact) mass is 729 g/mol. The number of carbonyl (C=O) groups excluding carboxylic acids is 4. The maximum Gasteiger partial charge on any atom is 0.313 e. The first-order chi connectivity index (χ1) is 25.6. The number of allylic oxidation sites excluding steroid dienone is 1. The molecule has 0 saturated carbocycles. The summed E-state index contributed by atoms with van der Waals surface area (Å²) >= 11 is 0. The maximum atomic E-state index is 15.0. The van der Waals surface area contributed by atoms with Crippen molar-refractivity contribution in [3.63, 3.8) is 0 Å². The van der Waals surface area contributed by atoms with Crippen molar-refractivity contribution in [1.82, 2.24) is 15.1 Å². The number of nitrogens with one attached hydrogen (secondary N) is 1. The number of likely N-dealkylation sites (tertiary alicyclic amines) is 1. The van der Waals surface area contributed by atoms with Crippen molar-refractivity contribution in [2.75, 3.05) is 26.9 Å². The van der Waals surface area contributed by atoms with Crippen molar-refractivity contribution in [1.29, 1.82) is 0 Å². The molecule has 11 heteroatoms. The molecule has 2 aromatic carbocycles. The van der Waals surface area contributed by atoms with Crippen molar-refractivity contribution in [2.24, 2.45) is 11.8 Å². The van der Waals surface area contributed by atoms with E-state index in [2.05, 4.69) is 25.4 Å². The van der Waals surface area contributed by atoms with Gasteiger partial charge in [-0.25, -0.2) is 0 Å². The lowest BCUT2D eigenvalue weighted by Gasteiger charge is -2.41. The van der Waals surface area contributed by atoms with E-state index in [0.29, 0.717) is 31.2 Å². The van der Waals surface area contributed by atoms with Crippen LogP contribution in [0, 0.1) is 11.8 Å². The molecule has 3 heterocycles. The highest BCUT2D eigenvalue weighted by atomic mass is 16.6. The Morgan fingerprint density at radius 2 is 1.81 bits per heavy atom. The fourth-order valence-electron chi connectivity index (χ4n) is 8.65. The zero-order chi connectivity index (χ0) is 38.1. The molecule has 3 aliphatic rings. The minimum atomic E-state index is -1.30. The molecular formula is C42H55N3O8. The Hall–Kier alpha value is -4.32. The number of ether oxygens (including phenoxy) is 3. The Morgan fingerprint density at radius 1 is 1.11 bits per heavy atom. The molecular weight excluding hydrogens is 674 g/mol. The topological polar surface area (TPSA) is 135 Å². The van der Waals surface area contributed by atoms with Gasteiger partial charge in [0, 0.05) is 26.1 Å². The Labute approximate surface area is 313 Å². The largest absolute Gasteiger partial charge is 0.455 e. The van der Waals surface area contributed by atoms with Crippen molar-refractivity contribution >= 4 is 23.7 Å². The van der Waals surface area contributed by atoms with Crippen molar-refractivity contribution < 1.29 is 38.5 Å². The third-order valence-electron chi connectivity index (χ3n) is 11.0. The van der Waals surface area contributed by atoms with E-state index in [0.717, 1.165) is 18.4 Å². The first kappa shape index (κ1) is 39.9. The SMILES string of the molecule is C=CCCC(=O)N[C@H](COC)[C@H](OC(=O)[C@@H]1[C@@H]2CC[C@]3(O2)[C@H](C(=O)N(CC=C)C(C)CCC)N([C@@H](CO)Cc2ccccc2)C(=O)[C@@H]13)c1ccccc1. The quantitative estimate of drug-likeness (QED) is 0.150. The summed E-state index contributed by atoms with van der Waals surface area (Å²) in [4.78, 5) is 60.7. The van der Waals surface area contributed by atoms with Crippen LogP contribution in [0.1, 0.15) is 69.6 Å². The average molecular weight is 730 g/mol. The van der Waals surface area contributed by atoms with E-state index in [-0.39, 0.29) is 37.4 Å². The van der Waals surface area contributed by atoms with Gasteiger partial charge < -0.3 is 34.4 Å². The van der Waals surface area contributed by atoms with Crippen LogP contribution >= 0.6 is 0 Å². The smallest absolute Gasteiger partial charge is 0.313 e. The Bertz CT molecular complexity index is 1590. The lowest BCUT2D eigenvalue weighted by molar-refractivity contribution is -0.163. The molecule has 2 aromatic rings. The van der Waals surface area contributed by atoms with Gasteiger partial charge in [0.2, 0.25) is 17.7 Å². The fraction of sp³-hybridized carbons (Fsp3) is 0.524. The molecule has 286 valence electrons. The number of carbonyl (C=O) groups is 4. The van der Waals surface area contributed by atoms with Gasteiger partial charge in [0.1, 0.15) is 17.7 Å². The van der Waals surface area contributed by atoms with Crippen LogP contribution < -0.4 is 5.32 Å². The highest BCUT2D eigenvalue weighted by molar-refractivity contribution is 5.98.